The van der Waals surface area contributed by atoms with Crippen molar-refractivity contribution in [2.45, 2.75) is 33.3 Å². The Morgan fingerprint density at radius 1 is 1.07 bits per heavy atom. The molecule has 0 bridgehead atoms. The molecule has 0 saturated heterocycles. The molecule has 2 aromatic carbocycles. The molecule has 5 nitrogen and oxygen atoms in total. The normalized spacial score (nSPS) is 11.7. The van der Waals surface area contributed by atoms with E-state index in [-0.39, 0.29) is 11.8 Å². The fourth-order valence-corrected chi connectivity index (χ4v) is 2.52. The van der Waals surface area contributed by atoms with Crippen molar-refractivity contribution in [3.63, 3.8) is 0 Å². The Morgan fingerprint density at radius 2 is 1.74 bits per heavy atom. The van der Waals surface area contributed by atoms with Crippen LogP contribution in [0.1, 0.15) is 37.6 Å². The smallest absolute Gasteiger partial charge is 0.265 e. The molecule has 0 unspecified atom stereocenters. The first kappa shape index (κ1) is 20.8. The average molecular weight is 389 g/mol. The van der Waals surface area contributed by atoms with E-state index in [0.717, 1.165) is 0 Å². The van der Waals surface area contributed by atoms with Crippen LogP contribution in [0.5, 0.6) is 5.75 Å². The monoisotopic (exact) mass is 388 g/mol. The second kappa shape index (κ2) is 9.97. The summed E-state index contributed by atoms with van der Waals surface area (Å²) in [5, 5.41) is 6.28. The van der Waals surface area contributed by atoms with Crippen LogP contribution in [-0.4, -0.2) is 24.5 Å². The first-order chi connectivity index (χ1) is 12.9. The summed E-state index contributed by atoms with van der Waals surface area (Å²) < 4.78 is 5.76. The molecular weight excluding hydrogens is 364 g/mol. The van der Waals surface area contributed by atoms with Gasteiger partial charge in [0.25, 0.3) is 11.8 Å². The minimum absolute atomic E-state index is 0.216. The zero-order chi connectivity index (χ0) is 19.8. The predicted octanol–water partition coefficient (Wildman–Crippen LogP) is 4.52. The summed E-state index contributed by atoms with van der Waals surface area (Å²) >= 11 is 5.87. The van der Waals surface area contributed by atoms with E-state index >= 15 is 0 Å². The van der Waals surface area contributed by atoms with E-state index in [1.165, 1.54) is 0 Å². The Morgan fingerprint density at radius 3 is 2.37 bits per heavy atom. The topological polar surface area (TPSA) is 67.4 Å². The fraction of sp³-hybridized carbons (Fsp3) is 0.333. The lowest BCUT2D eigenvalue weighted by Gasteiger charge is -2.18. The van der Waals surface area contributed by atoms with Crippen LogP contribution < -0.4 is 15.4 Å². The van der Waals surface area contributed by atoms with Gasteiger partial charge in [0, 0.05) is 11.6 Å². The second-order valence-corrected chi connectivity index (χ2v) is 7.04. The lowest BCUT2D eigenvalue weighted by atomic mass is 10.1. The van der Waals surface area contributed by atoms with Crippen LogP contribution in [0.25, 0.3) is 0 Å². The van der Waals surface area contributed by atoms with Crippen LogP contribution in [0.3, 0.4) is 0 Å². The minimum Gasteiger partial charge on any atom is -0.481 e. The molecule has 0 fully saturated rings. The van der Waals surface area contributed by atoms with Gasteiger partial charge in [-0.05, 0) is 48.7 Å². The molecule has 1 atom stereocenters. The van der Waals surface area contributed by atoms with E-state index < -0.39 is 6.10 Å². The summed E-state index contributed by atoms with van der Waals surface area (Å²) in [7, 11) is 0. The number of anilines is 1. The summed E-state index contributed by atoms with van der Waals surface area (Å²) in [6, 6.07) is 13.8. The summed E-state index contributed by atoms with van der Waals surface area (Å²) in [6.07, 6.45) is -0.200. The first-order valence-corrected chi connectivity index (χ1v) is 9.38. The Kier molecular flexibility index (Phi) is 7.67. The number of halogens is 1. The average Bonchev–Trinajstić information content (AvgIpc) is 2.66. The van der Waals surface area contributed by atoms with Gasteiger partial charge in [0.05, 0.1) is 11.3 Å². The van der Waals surface area contributed by atoms with Crippen LogP contribution in [-0.2, 0) is 4.79 Å². The number of carbonyl (C=O) groups excluding carboxylic acids is 2. The highest BCUT2D eigenvalue weighted by Gasteiger charge is 2.21. The number of rotatable bonds is 8. The van der Waals surface area contributed by atoms with Crippen molar-refractivity contribution in [1.29, 1.82) is 0 Å². The van der Waals surface area contributed by atoms with E-state index in [0.29, 0.717) is 40.9 Å². The van der Waals surface area contributed by atoms with Crippen molar-refractivity contribution in [3.05, 3.63) is 59.1 Å². The highest BCUT2D eigenvalue weighted by atomic mass is 35.5. The highest BCUT2D eigenvalue weighted by Crippen LogP contribution is 2.20. The molecule has 0 heterocycles. The number of para-hydroxylation sites is 1. The predicted molar refractivity (Wildman–Crippen MR) is 108 cm³/mol. The summed E-state index contributed by atoms with van der Waals surface area (Å²) in [6.45, 7) is 6.47. The van der Waals surface area contributed by atoms with Crippen LogP contribution in [0.4, 0.5) is 5.69 Å². The number of benzene rings is 2. The number of ether oxygens (including phenoxy) is 1. The molecule has 0 aliphatic carbocycles. The number of hydrogen-bond donors (Lipinski definition) is 2. The van der Waals surface area contributed by atoms with Crippen LogP contribution in [0.2, 0.25) is 5.02 Å². The molecule has 2 rings (SSSR count). The van der Waals surface area contributed by atoms with Gasteiger partial charge in [0.2, 0.25) is 0 Å². The molecular formula is C21H25ClN2O3. The van der Waals surface area contributed by atoms with Crippen LogP contribution in [0, 0.1) is 5.92 Å². The second-order valence-electron chi connectivity index (χ2n) is 6.61. The summed E-state index contributed by atoms with van der Waals surface area (Å²) in [5.41, 5.74) is 0.884. The van der Waals surface area contributed by atoms with Crippen molar-refractivity contribution in [2.75, 3.05) is 11.9 Å². The van der Waals surface area contributed by atoms with E-state index in [4.69, 9.17) is 16.3 Å². The largest absolute Gasteiger partial charge is 0.481 e. The molecule has 0 saturated carbocycles. The molecule has 144 valence electrons. The minimum atomic E-state index is -0.682. The van der Waals surface area contributed by atoms with Gasteiger partial charge >= 0.3 is 0 Å². The molecule has 2 amide bonds. The zero-order valence-corrected chi connectivity index (χ0v) is 16.5. The Labute approximate surface area is 165 Å². The van der Waals surface area contributed by atoms with Gasteiger partial charge in [-0.2, -0.15) is 0 Å². The third kappa shape index (κ3) is 6.29. The van der Waals surface area contributed by atoms with Crippen molar-refractivity contribution < 1.29 is 14.3 Å². The third-order valence-corrected chi connectivity index (χ3v) is 4.11. The molecule has 27 heavy (non-hydrogen) atoms. The lowest BCUT2D eigenvalue weighted by molar-refractivity contribution is -0.122. The van der Waals surface area contributed by atoms with Gasteiger partial charge in [0.1, 0.15) is 5.75 Å². The van der Waals surface area contributed by atoms with Gasteiger partial charge in [-0.25, -0.2) is 0 Å². The maximum Gasteiger partial charge on any atom is 0.265 e. The van der Waals surface area contributed by atoms with E-state index in [1.807, 2.05) is 20.8 Å². The van der Waals surface area contributed by atoms with E-state index in [1.54, 1.807) is 48.5 Å². The maximum atomic E-state index is 12.7. The van der Waals surface area contributed by atoms with Crippen molar-refractivity contribution in [3.8, 4) is 5.75 Å². The molecule has 2 N–H and O–H groups in total. The molecule has 0 aliphatic heterocycles. The maximum absolute atomic E-state index is 12.7. The lowest BCUT2D eigenvalue weighted by Crippen LogP contribution is -2.34. The molecule has 2 aromatic rings. The molecule has 0 radical (unpaired) electrons. The van der Waals surface area contributed by atoms with E-state index in [2.05, 4.69) is 10.6 Å². The van der Waals surface area contributed by atoms with Crippen molar-refractivity contribution >= 4 is 29.1 Å². The Hall–Kier alpha value is -2.53. The Bertz CT molecular complexity index is 775. The standard InChI is InChI=1S/C21H25ClN2O3/c1-4-19(27-16-11-9-15(22)10-12-16)21(26)24-18-8-6-5-7-17(18)20(25)23-13-14(2)3/h5-12,14,19H,4,13H2,1-3H3,(H,23,25)(H,24,26)/t19-/m0/s1. The SMILES string of the molecule is CC[C@H](Oc1ccc(Cl)cc1)C(=O)Nc1ccccc1C(=O)NCC(C)C. The highest BCUT2D eigenvalue weighted by molar-refractivity contribution is 6.30. The van der Waals surface area contributed by atoms with Gasteiger partial charge < -0.3 is 15.4 Å². The van der Waals surface area contributed by atoms with Crippen LogP contribution >= 0.6 is 11.6 Å². The van der Waals surface area contributed by atoms with Gasteiger partial charge in [0.15, 0.2) is 6.10 Å². The molecule has 6 heteroatoms. The van der Waals surface area contributed by atoms with Gasteiger partial charge in [-0.15, -0.1) is 0 Å². The van der Waals surface area contributed by atoms with Crippen molar-refractivity contribution in [2.24, 2.45) is 5.92 Å². The van der Waals surface area contributed by atoms with Gasteiger partial charge in [-0.1, -0.05) is 44.5 Å². The van der Waals surface area contributed by atoms with Crippen LogP contribution in [0.15, 0.2) is 48.5 Å². The zero-order valence-electron chi connectivity index (χ0n) is 15.8. The summed E-state index contributed by atoms with van der Waals surface area (Å²) in [5.74, 6) is 0.375. The fourth-order valence-electron chi connectivity index (χ4n) is 2.40. The molecule has 0 aromatic heterocycles. The van der Waals surface area contributed by atoms with Gasteiger partial charge in [-0.3, -0.25) is 9.59 Å². The van der Waals surface area contributed by atoms with E-state index in [9.17, 15) is 9.59 Å². The molecule has 0 aliphatic rings. The summed E-state index contributed by atoms with van der Waals surface area (Å²) in [4.78, 5) is 25.1. The third-order valence-electron chi connectivity index (χ3n) is 3.86. The first-order valence-electron chi connectivity index (χ1n) is 9.01. The number of carbonyl (C=O) groups is 2. The number of hydrogen-bond acceptors (Lipinski definition) is 3. The van der Waals surface area contributed by atoms with Crippen molar-refractivity contribution in [1.82, 2.24) is 5.32 Å². The quantitative estimate of drug-likeness (QED) is 0.698. The number of nitrogens with one attached hydrogen (secondary N) is 2. The number of amides is 2. The molecule has 0 spiro atoms. The Balaban J connectivity index is 2.09.